The van der Waals surface area contributed by atoms with E-state index in [9.17, 15) is 0 Å². The highest BCUT2D eigenvalue weighted by molar-refractivity contribution is 5.32. The molecule has 0 unspecified atom stereocenters. The molecule has 0 radical (unpaired) electrons. The molecule has 1 N–H and O–H groups in total. The Morgan fingerprint density at radius 1 is 1.33 bits per heavy atom. The molecule has 1 aliphatic heterocycles. The normalized spacial score (nSPS) is 17.2. The van der Waals surface area contributed by atoms with Crippen LogP contribution in [0.4, 0.5) is 5.95 Å². The maximum atomic E-state index is 5.67. The zero-order chi connectivity index (χ0) is 15.2. The van der Waals surface area contributed by atoms with Crippen molar-refractivity contribution in [1.82, 2.24) is 14.9 Å². The maximum absolute atomic E-state index is 5.67. The summed E-state index contributed by atoms with van der Waals surface area (Å²) in [7, 11) is 0. The molecule has 1 aromatic heterocycles. The molecule has 0 atom stereocenters. The molecule has 118 valence electrons. The molecule has 5 heteroatoms. The van der Waals surface area contributed by atoms with Crippen molar-refractivity contribution in [1.29, 1.82) is 0 Å². The Kier molecular flexibility index (Phi) is 5.79. The lowest BCUT2D eigenvalue weighted by Gasteiger charge is -2.32. The number of rotatable bonds is 6. The monoisotopic (exact) mass is 292 g/mol. The lowest BCUT2D eigenvalue weighted by atomic mass is 10.1. The van der Waals surface area contributed by atoms with Crippen LogP contribution in [0.15, 0.2) is 6.07 Å². The van der Waals surface area contributed by atoms with Gasteiger partial charge in [-0.05, 0) is 46.6 Å². The molecule has 2 heterocycles. The van der Waals surface area contributed by atoms with Gasteiger partial charge in [-0.3, -0.25) is 0 Å². The van der Waals surface area contributed by atoms with Crippen molar-refractivity contribution < 1.29 is 4.74 Å². The Morgan fingerprint density at radius 2 is 2.05 bits per heavy atom. The van der Waals surface area contributed by atoms with Gasteiger partial charge in [0, 0.05) is 30.9 Å². The molecule has 0 saturated carbocycles. The van der Waals surface area contributed by atoms with Gasteiger partial charge in [-0.15, -0.1) is 0 Å². The highest BCUT2D eigenvalue weighted by Crippen LogP contribution is 2.18. The third-order valence-corrected chi connectivity index (χ3v) is 3.65. The van der Waals surface area contributed by atoms with Crippen LogP contribution in [-0.4, -0.2) is 46.6 Å². The summed E-state index contributed by atoms with van der Waals surface area (Å²) in [6, 6.07) is 2.35. The highest BCUT2D eigenvalue weighted by atomic mass is 16.5. The second-order valence-corrected chi connectivity index (χ2v) is 6.10. The average molecular weight is 292 g/mol. The molecule has 0 amide bonds. The molecule has 1 aromatic rings. The smallest absolute Gasteiger partial charge is 0.226 e. The topological polar surface area (TPSA) is 50.3 Å². The van der Waals surface area contributed by atoms with Gasteiger partial charge in [0.05, 0.1) is 6.10 Å². The van der Waals surface area contributed by atoms with Gasteiger partial charge in [-0.2, -0.15) is 4.98 Å². The zero-order valence-electron chi connectivity index (χ0n) is 13.7. The van der Waals surface area contributed by atoms with E-state index in [4.69, 9.17) is 4.74 Å². The Labute approximate surface area is 128 Å². The molecule has 1 saturated heterocycles. The van der Waals surface area contributed by atoms with Crippen molar-refractivity contribution in [3.05, 3.63) is 11.8 Å². The third-order valence-electron chi connectivity index (χ3n) is 3.65. The first kappa shape index (κ1) is 16.0. The van der Waals surface area contributed by atoms with Crippen LogP contribution in [0, 0.1) is 6.92 Å². The van der Waals surface area contributed by atoms with Gasteiger partial charge in [-0.25, -0.2) is 4.98 Å². The minimum absolute atomic E-state index is 0.129. The van der Waals surface area contributed by atoms with Crippen LogP contribution in [0.25, 0.3) is 0 Å². The first-order valence-electron chi connectivity index (χ1n) is 8.08. The van der Waals surface area contributed by atoms with Gasteiger partial charge in [0.25, 0.3) is 0 Å². The van der Waals surface area contributed by atoms with Crippen LogP contribution in [0.5, 0.6) is 5.88 Å². The largest absolute Gasteiger partial charge is 0.475 e. The SMILES string of the molecule is CCCN1CCC(Nc2nc(C)cc(OC(C)C)n2)CC1. The van der Waals surface area contributed by atoms with Gasteiger partial charge in [0.1, 0.15) is 0 Å². The van der Waals surface area contributed by atoms with Gasteiger partial charge < -0.3 is 15.0 Å². The number of anilines is 1. The number of aromatic nitrogens is 2. The second kappa shape index (κ2) is 7.59. The number of hydrogen-bond acceptors (Lipinski definition) is 5. The van der Waals surface area contributed by atoms with Gasteiger partial charge in [-0.1, -0.05) is 6.92 Å². The fourth-order valence-corrected chi connectivity index (χ4v) is 2.71. The Hall–Kier alpha value is -1.36. The number of ether oxygens (including phenoxy) is 1. The molecular weight excluding hydrogens is 264 g/mol. The maximum Gasteiger partial charge on any atom is 0.226 e. The fourth-order valence-electron chi connectivity index (χ4n) is 2.71. The number of nitrogens with one attached hydrogen (secondary N) is 1. The van der Waals surface area contributed by atoms with E-state index in [1.807, 2.05) is 26.8 Å². The molecule has 0 spiro atoms. The predicted octanol–water partition coefficient (Wildman–Crippen LogP) is 2.86. The third kappa shape index (κ3) is 5.16. The molecule has 21 heavy (non-hydrogen) atoms. The molecule has 5 nitrogen and oxygen atoms in total. The van der Waals surface area contributed by atoms with Crippen molar-refractivity contribution in [2.75, 3.05) is 25.0 Å². The standard InChI is InChI=1S/C16H28N4O/c1-5-8-20-9-6-14(7-10-20)18-16-17-13(4)11-15(19-16)21-12(2)3/h11-12,14H,5-10H2,1-4H3,(H,17,18,19). The van der Waals surface area contributed by atoms with E-state index in [1.165, 1.54) is 13.0 Å². The van der Waals surface area contributed by atoms with Crippen LogP contribution in [0.2, 0.25) is 0 Å². The lowest BCUT2D eigenvalue weighted by molar-refractivity contribution is 0.218. The first-order chi connectivity index (χ1) is 10.1. The summed E-state index contributed by atoms with van der Waals surface area (Å²) in [4.78, 5) is 11.5. The summed E-state index contributed by atoms with van der Waals surface area (Å²) in [5, 5.41) is 3.47. The quantitative estimate of drug-likeness (QED) is 0.873. The number of nitrogens with zero attached hydrogens (tertiary/aromatic N) is 3. The number of likely N-dealkylation sites (tertiary alicyclic amines) is 1. The summed E-state index contributed by atoms with van der Waals surface area (Å²) in [6.45, 7) is 11.8. The second-order valence-electron chi connectivity index (χ2n) is 6.10. The fraction of sp³-hybridized carbons (Fsp3) is 0.750. The number of piperidine rings is 1. The molecule has 1 aliphatic rings. The zero-order valence-corrected chi connectivity index (χ0v) is 13.7. The summed E-state index contributed by atoms with van der Waals surface area (Å²) in [6.07, 6.45) is 3.66. The summed E-state index contributed by atoms with van der Waals surface area (Å²) in [5.41, 5.74) is 0.937. The first-order valence-corrected chi connectivity index (χ1v) is 8.08. The minimum Gasteiger partial charge on any atom is -0.475 e. The van der Waals surface area contributed by atoms with Gasteiger partial charge >= 0.3 is 0 Å². The van der Waals surface area contributed by atoms with Crippen LogP contribution < -0.4 is 10.1 Å². The van der Waals surface area contributed by atoms with Gasteiger partial charge in [0.2, 0.25) is 11.8 Å². The van der Waals surface area contributed by atoms with E-state index in [-0.39, 0.29) is 6.10 Å². The number of hydrogen-bond donors (Lipinski definition) is 1. The van der Waals surface area contributed by atoms with E-state index >= 15 is 0 Å². The Bertz CT molecular complexity index is 442. The summed E-state index contributed by atoms with van der Waals surface area (Å²) >= 11 is 0. The van der Waals surface area contributed by atoms with Crippen LogP contribution in [0.1, 0.15) is 45.7 Å². The Balaban J connectivity index is 1.92. The summed E-state index contributed by atoms with van der Waals surface area (Å²) < 4.78 is 5.67. The van der Waals surface area contributed by atoms with Crippen LogP contribution in [-0.2, 0) is 0 Å². The number of aryl methyl sites for hydroxylation is 1. The molecule has 2 rings (SSSR count). The van der Waals surface area contributed by atoms with Crippen molar-refractivity contribution in [3.63, 3.8) is 0 Å². The van der Waals surface area contributed by atoms with Crippen molar-refractivity contribution in [2.24, 2.45) is 0 Å². The van der Waals surface area contributed by atoms with Crippen molar-refractivity contribution >= 4 is 5.95 Å². The molecular formula is C16H28N4O. The van der Waals surface area contributed by atoms with E-state index < -0.39 is 0 Å². The molecule has 1 fully saturated rings. The van der Waals surface area contributed by atoms with Crippen molar-refractivity contribution in [2.45, 2.75) is 59.1 Å². The van der Waals surface area contributed by atoms with Gasteiger partial charge in [0.15, 0.2) is 0 Å². The van der Waals surface area contributed by atoms with Crippen LogP contribution >= 0.6 is 0 Å². The molecule has 0 aromatic carbocycles. The van der Waals surface area contributed by atoms with E-state index in [0.29, 0.717) is 17.9 Å². The van der Waals surface area contributed by atoms with Crippen LogP contribution in [0.3, 0.4) is 0 Å². The molecule has 0 bridgehead atoms. The lowest BCUT2D eigenvalue weighted by Crippen LogP contribution is -2.39. The predicted molar refractivity (Wildman–Crippen MR) is 85.9 cm³/mol. The van der Waals surface area contributed by atoms with E-state index in [1.54, 1.807) is 0 Å². The Morgan fingerprint density at radius 3 is 2.67 bits per heavy atom. The minimum atomic E-state index is 0.129. The highest BCUT2D eigenvalue weighted by Gasteiger charge is 2.19. The van der Waals surface area contributed by atoms with E-state index in [2.05, 4.69) is 27.1 Å². The summed E-state index contributed by atoms with van der Waals surface area (Å²) in [5.74, 6) is 1.35. The van der Waals surface area contributed by atoms with Crippen molar-refractivity contribution in [3.8, 4) is 5.88 Å². The van der Waals surface area contributed by atoms with E-state index in [0.717, 1.165) is 31.6 Å². The molecule has 0 aliphatic carbocycles. The average Bonchev–Trinajstić information content (AvgIpc) is 2.40.